The largest absolute Gasteiger partial charge is 0.497 e. The molecule has 4 aromatic rings. The van der Waals surface area contributed by atoms with Gasteiger partial charge in [-0.3, -0.25) is 4.79 Å². The van der Waals surface area contributed by atoms with Crippen LogP contribution in [0.3, 0.4) is 0 Å². The first-order valence-electron chi connectivity index (χ1n) is 6.79. The minimum atomic E-state index is -0.102. The molecule has 3 heterocycles. The second-order valence-corrected chi connectivity index (χ2v) is 6.48. The smallest absolute Gasteiger partial charge is 0.270 e. The van der Waals surface area contributed by atoms with Crippen molar-refractivity contribution >= 4 is 39.1 Å². The molecule has 6 nitrogen and oxygen atoms in total. The van der Waals surface area contributed by atoms with Crippen molar-refractivity contribution < 1.29 is 4.74 Å². The molecule has 1 aromatic carbocycles. The number of H-pyrrole nitrogens is 1. The maximum Gasteiger partial charge on any atom is 0.270 e. The Morgan fingerprint density at radius 3 is 2.78 bits per heavy atom. The summed E-state index contributed by atoms with van der Waals surface area (Å²) < 4.78 is 6.71. The second-order valence-electron chi connectivity index (χ2n) is 4.84. The van der Waals surface area contributed by atoms with Crippen molar-refractivity contribution in [2.75, 3.05) is 13.4 Å². The van der Waals surface area contributed by atoms with Gasteiger partial charge in [0.2, 0.25) is 5.78 Å². The van der Waals surface area contributed by atoms with E-state index in [9.17, 15) is 4.79 Å². The van der Waals surface area contributed by atoms with E-state index >= 15 is 0 Å². The number of hydrogen-bond donors (Lipinski definition) is 1. The molecule has 0 spiro atoms. The molecule has 0 aliphatic rings. The molecule has 0 saturated carbocycles. The number of ether oxygens (including phenoxy) is 1. The Bertz CT molecular complexity index is 1060. The zero-order valence-electron chi connectivity index (χ0n) is 12.4. The first-order chi connectivity index (χ1) is 11.2. The lowest BCUT2D eigenvalue weighted by molar-refractivity contribution is 0.415. The van der Waals surface area contributed by atoms with Gasteiger partial charge in [-0.2, -0.15) is 0 Å². The van der Waals surface area contributed by atoms with Crippen LogP contribution in [0, 0.1) is 0 Å². The van der Waals surface area contributed by atoms with Gasteiger partial charge in [-0.1, -0.05) is 23.9 Å². The predicted molar refractivity (Wildman–Crippen MR) is 92.8 cm³/mol. The number of fused-ring (bicyclic) bond motifs is 2. The highest BCUT2D eigenvalue weighted by Gasteiger charge is 2.17. The lowest BCUT2D eigenvalue weighted by Gasteiger charge is -2.03. The monoisotopic (exact) mass is 344 g/mol. The maximum atomic E-state index is 12.9. The number of aromatic amines is 1. The summed E-state index contributed by atoms with van der Waals surface area (Å²) in [5.74, 6) is 1.25. The third-order valence-electron chi connectivity index (χ3n) is 3.63. The van der Waals surface area contributed by atoms with Gasteiger partial charge < -0.3 is 4.74 Å². The Balaban J connectivity index is 2.02. The van der Waals surface area contributed by atoms with Gasteiger partial charge in [0.05, 0.1) is 12.5 Å². The summed E-state index contributed by atoms with van der Waals surface area (Å²) >= 11 is 2.86. The lowest BCUT2D eigenvalue weighted by Crippen LogP contribution is -2.14. The number of aromatic nitrogens is 4. The molecule has 0 bridgehead atoms. The highest BCUT2D eigenvalue weighted by atomic mass is 32.2. The van der Waals surface area contributed by atoms with Gasteiger partial charge in [0.15, 0.2) is 5.16 Å². The molecule has 0 aliphatic carbocycles. The Morgan fingerprint density at radius 1 is 1.30 bits per heavy atom. The van der Waals surface area contributed by atoms with Crippen LogP contribution in [0.15, 0.2) is 39.6 Å². The summed E-state index contributed by atoms with van der Waals surface area (Å²) in [5.41, 5.74) is 1.74. The molecule has 116 valence electrons. The molecule has 0 amide bonds. The van der Waals surface area contributed by atoms with Gasteiger partial charge in [0.1, 0.15) is 10.6 Å². The molecule has 0 unspecified atom stereocenters. The molecule has 1 N–H and O–H groups in total. The highest BCUT2D eigenvalue weighted by molar-refractivity contribution is 7.98. The average Bonchev–Trinajstić information content (AvgIpc) is 3.19. The summed E-state index contributed by atoms with van der Waals surface area (Å²) in [7, 11) is 1.63. The van der Waals surface area contributed by atoms with Crippen molar-refractivity contribution in [2.24, 2.45) is 0 Å². The van der Waals surface area contributed by atoms with Crippen molar-refractivity contribution in [3.63, 3.8) is 0 Å². The Morgan fingerprint density at radius 2 is 2.09 bits per heavy atom. The van der Waals surface area contributed by atoms with Crippen molar-refractivity contribution in [3.8, 4) is 16.9 Å². The number of thioether (sulfide) groups is 1. The number of methoxy groups -OCH3 is 1. The van der Waals surface area contributed by atoms with Crippen LogP contribution in [0.1, 0.15) is 0 Å². The number of rotatable bonds is 3. The zero-order chi connectivity index (χ0) is 16.0. The third kappa shape index (κ3) is 2.13. The molecule has 8 heteroatoms. The Kier molecular flexibility index (Phi) is 3.35. The summed E-state index contributed by atoms with van der Waals surface area (Å²) in [6, 6.07) is 7.65. The van der Waals surface area contributed by atoms with E-state index in [0.29, 0.717) is 21.2 Å². The normalized spacial score (nSPS) is 11.4. The SMILES string of the molecule is COc1ccc(-c2csc3nc4[nH]nc(SC)n4c(=O)c23)cc1. The van der Waals surface area contributed by atoms with E-state index in [1.54, 1.807) is 7.11 Å². The molecule has 0 aliphatic heterocycles. The summed E-state index contributed by atoms with van der Waals surface area (Å²) in [6.45, 7) is 0. The minimum Gasteiger partial charge on any atom is -0.497 e. The van der Waals surface area contributed by atoms with Crippen LogP contribution in [-0.2, 0) is 0 Å². The molecule has 0 radical (unpaired) electrons. The quantitative estimate of drug-likeness (QED) is 0.578. The summed E-state index contributed by atoms with van der Waals surface area (Å²) in [6.07, 6.45) is 1.88. The van der Waals surface area contributed by atoms with E-state index in [-0.39, 0.29) is 5.56 Å². The number of benzene rings is 1. The molecule has 23 heavy (non-hydrogen) atoms. The summed E-state index contributed by atoms with van der Waals surface area (Å²) in [4.78, 5) is 18.2. The zero-order valence-corrected chi connectivity index (χ0v) is 14.0. The van der Waals surface area contributed by atoms with E-state index in [1.165, 1.54) is 27.5 Å². The van der Waals surface area contributed by atoms with E-state index in [4.69, 9.17) is 4.74 Å². The standard InChI is InChI=1S/C15H12N4O2S2/c1-21-9-5-3-8(4-6-9)10-7-23-12-11(10)13(20)19-14(16-12)17-18-15(19)22-2/h3-7H,1-2H3,(H,16,17). The first kappa shape index (κ1) is 14.3. The average molecular weight is 344 g/mol. The fourth-order valence-electron chi connectivity index (χ4n) is 2.51. The van der Waals surface area contributed by atoms with Crippen LogP contribution in [0.4, 0.5) is 0 Å². The first-order valence-corrected chi connectivity index (χ1v) is 8.90. The molecular formula is C15H12N4O2S2. The van der Waals surface area contributed by atoms with Crippen LogP contribution in [0.25, 0.3) is 27.1 Å². The van der Waals surface area contributed by atoms with Crippen LogP contribution in [-0.4, -0.2) is 32.9 Å². The Hall–Kier alpha value is -2.32. The Labute approximate surface area is 139 Å². The maximum absolute atomic E-state index is 12.9. The lowest BCUT2D eigenvalue weighted by atomic mass is 10.1. The summed E-state index contributed by atoms with van der Waals surface area (Å²) in [5, 5.41) is 10.1. The topological polar surface area (TPSA) is 72.3 Å². The van der Waals surface area contributed by atoms with Crippen LogP contribution in [0.2, 0.25) is 0 Å². The van der Waals surface area contributed by atoms with E-state index in [1.807, 2.05) is 35.9 Å². The number of nitrogens with one attached hydrogen (secondary N) is 1. The molecule has 3 aromatic heterocycles. The fourth-order valence-corrected chi connectivity index (χ4v) is 3.94. The van der Waals surface area contributed by atoms with Gasteiger partial charge >= 0.3 is 0 Å². The number of thiophene rings is 1. The molecular weight excluding hydrogens is 332 g/mol. The van der Waals surface area contributed by atoms with E-state index in [0.717, 1.165) is 16.9 Å². The number of nitrogens with zero attached hydrogens (tertiary/aromatic N) is 3. The minimum absolute atomic E-state index is 0.102. The van der Waals surface area contributed by atoms with Crippen molar-refractivity contribution in [3.05, 3.63) is 40.0 Å². The molecule has 0 fully saturated rings. The van der Waals surface area contributed by atoms with Gasteiger partial charge in [-0.15, -0.1) is 16.4 Å². The van der Waals surface area contributed by atoms with Crippen LogP contribution >= 0.6 is 23.1 Å². The highest BCUT2D eigenvalue weighted by Crippen LogP contribution is 2.32. The van der Waals surface area contributed by atoms with Gasteiger partial charge in [0, 0.05) is 10.9 Å². The predicted octanol–water partition coefficient (Wildman–Crippen LogP) is 3.03. The van der Waals surface area contributed by atoms with Gasteiger partial charge in [-0.25, -0.2) is 14.5 Å². The van der Waals surface area contributed by atoms with Gasteiger partial charge in [-0.05, 0) is 24.0 Å². The molecule has 0 atom stereocenters. The van der Waals surface area contributed by atoms with E-state index in [2.05, 4.69) is 15.2 Å². The molecule has 0 saturated heterocycles. The van der Waals surface area contributed by atoms with E-state index < -0.39 is 0 Å². The van der Waals surface area contributed by atoms with Crippen LogP contribution < -0.4 is 10.3 Å². The van der Waals surface area contributed by atoms with Crippen LogP contribution in [0.5, 0.6) is 5.75 Å². The molecule has 4 rings (SSSR count). The number of hydrogen-bond acceptors (Lipinski definition) is 6. The van der Waals surface area contributed by atoms with Crippen molar-refractivity contribution in [1.29, 1.82) is 0 Å². The van der Waals surface area contributed by atoms with Gasteiger partial charge in [0.25, 0.3) is 5.56 Å². The third-order valence-corrected chi connectivity index (χ3v) is 5.15. The van der Waals surface area contributed by atoms with Crippen molar-refractivity contribution in [2.45, 2.75) is 5.16 Å². The fraction of sp³-hybridized carbons (Fsp3) is 0.133. The van der Waals surface area contributed by atoms with Crippen molar-refractivity contribution in [1.82, 2.24) is 19.6 Å². The second kappa shape index (κ2) is 5.39.